The molecular weight excluding hydrogens is 260 g/mol. The van der Waals surface area contributed by atoms with E-state index in [-0.39, 0.29) is 0 Å². The van der Waals surface area contributed by atoms with Gasteiger partial charge >= 0.3 is 0 Å². The van der Waals surface area contributed by atoms with Gasteiger partial charge in [0.2, 0.25) is 0 Å². The predicted octanol–water partition coefficient (Wildman–Crippen LogP) is 2.76. The van der Waals surface area contributed by atoms with Crippen LogP contribution in [0.15, 0.2) is 24.3 Å². The summed E-state index contributed by atoms with van der Waals surface area (Å²) in [6, 6.07) is 8.66. The number of aryl methyl sites for hydroxylation is 1. The van der Waals surface area contributed by atoms with E-state index in [4.69, 9.17) is 9.97 Å². The lowest BCUT2D eigenvalue weighted by molar-refractivity contribution is 0.332. The molecule has 1 fully saturated rings. The molecule has 0 amide bonds. The van der Waals surface area contributed by atoms with Crippen LogP contribution in [-0.2, 0) is 0 Å². The minimum atomic E-state index is 0.543. The lowest BCUT2D eigenvalue weighted by Crippen LogP contribution is -2.44. The first-order valence-electron chi connectivity index (χ1n) is 7.84. The average molecular weight is 284 g/mol. The molecule has 112 valence electrons. The van der Waals surface area contributed by atoms with E-state index in [1.165, 1.54) is 12.8 Å². The first-order valence-corrected chi connectivity index (χ1v) is 7.84. The van der Waals surface area contributed by atoms with Crippen molar-refractivity contribution in [1.82, 2.24) is 15.3 Å². The van der Waals surface area contributed by atoms with Gasteiger partial charge in [-0.3, -0.25) is 0 Å². The van der Waals surface area contributed by atoms with Crippen LogP contribution in [0.4, 0.5) is 5.82 Å². The van der Waals surface area contributed by atoms with E-state index in [0.29, 0.717) is 12.0 Å². The quantitative estimate of drug-likeness (QED) is 0.941. The van der Waals surface area contributed by atoms with Gasteiger partial charge in [-0.15, -0.1) is 0 Å². The fourth-order valence-electron chi connectivity index (χ4n) is 3.22. The number of hydrogen-bond acceptors (Lipinski definition) is 4. The summed E-state index contributed by atoms with van der Waals surface area (Å²) in [4.78, 5) is 12.0. The van der Waals surface area contributed by atoms with Crippen molar-refractivity contribution in [1.29, 1.82) is 0 Å². The van der Waals surface area contributed by atoms with Gasteiger partial charge in [-0.25, -0.2) is 9.97 Å². The first kappa shape index (κ1) is 14.3. The standard InChI is InChI=1S/C17H24N4/c1-12(18-3)14-7-6-10-21(11-14)17-13(2)19-15-8-4-5-9-16(15)20-17/h4-5,8-9,12,14,18H,6-7,10-11H2,1-3H3. The van der Waals surface area contributed by atoms with Crippen molar-refractivity contribution in [2.75, 3.05) is 25.0 Å². The van der Waals surface area contributed by atoms with Gasteiger partial charge in [-0.05, 0) is 51.8 Å². The van der Waals surface area contributed by atoms with E-state index < -0.39 is 0 Å². The number of hydrogen-bond donors (Lipinski definition) is 1. The third-order valence-electron chi connectivity index (χ3n) is 4.64. The normalized spacial score (nSPS) is 20.7. The molecule has 0 bridgehead atoms. The zero-order valence-electron chi connectivity index (χ0n) is 13.1. The third-order valence-corrected chi connectivity index (χ3v) is 4.64. The second-order valence-corrected chi connectivity index (χ2v) is 6.05. The Morgan fingerprint density at radius 3 is 2.67 bits per heavy atom. The number of rotatable bonds is 3. The Morgan fingerprint density at radius 2 is 1.95 bits per heavy atom. The van der Waals surface area contributed by atoms with Gasteiger partial charge in [-0.2, -0.15) is 0 Å². The highest BCUT2D eigenvalue weighted by Gasteiger charge is 2.25. The molecule has 2 aromatic rings. The van der Waals surface area contributed by atoms with Crippen molar-refractivity contribution in [3.63, 3.8) is 0 Å². The number of fused-ring (bicyclic) bond motifs is 1. The van der Waals surface area contributed by atoms with E-state index in [9.17, 15) is 0 Å². The molecule has 2 unspecified atom stereocenters. The summed E-state index contributed by atoms with van der Waals surface area (Å²) in [7, 11) is 2.05. The second-order valence-electron chi connectivity index (χ2n) is 6.05. The van der Waals surface area contributed by atoms with Crippen LogP contribution in [0.25, 0.3) is 11.0 Å². The lowest BCUT2D eigenvalue weighted by Gasteiger charge is -2.36. The molecule has 0 aliphatic carbocycles. The summed E-state index contributed by atoms with van der Waals surface area (Å²) in [5.41, 5.74) is 3.00. The number of piperidine rings is 1. The topological polar surface area (TPSA) is 41.0 Å². The molecule has 1 saturated heterocycles. The molecule has 0 spiro atoms. The highest BCUT2D eigenvalue weighted by molar-refractivity contribution is 5.76. The largest absolute Gasteiger partial charge is 0.355 e. The van der Waals surface area contributed by atoms with Gasteiger partial charge in [0.25, 0.3) is 0 Å². The highest BCUT2D eigenvalue weighted by atomic mass is 15.2. The van der Waals surface area contributed by atoms with Gasteiger partial charge < -0.3 is 10.2 Å². The maximum absolute atomic E-state index is 4.86. The summed E-state index contributed by atoms with van der Waals surface area (Å²) >= 11 is 0. The molecule has 3 rings (SSSR count). The molecule has 21 heavy (non-hydrogen) atoms. The minimum Gasteiger partial charge on any atom is -0.355 e. The minimum absolute atomic E-state index is 0.543. The maximum Gasteiger partial charge on any atom is 0.150 e. The molecule has 4 nitrogen and oxygen atoms in total. The molecule has 0 saturated carbocycles. The number of nitrogens with one attached hydrogen (secondary N) is 1. The van der Waals surface area contributed by atoms with E-state index >= 15 is 0 Å². The number of benzene rings is 1. The molecule has 2 atom stereocenters. The van der Waals surface area contributed by atoms with Gasteiger partial charge in [0.05, 0.1) is 16.7 Å². The van der Waals surface area contributed by atoms with E-state index in [1.807, 2.05) is 31.3 Å². The van der Waals surface area contributed by atoms with Crippen molar-refractivity contribution in [3.8, 4) is 0 Å². The van der Waals surface area contributed by atoms with E-state index in [0.717, 1.165) is 35.6 Å². The number of aromatic nitrogens is 2. The first-order chi connectivity index (χ1) is 10.2. The van der Waals surface area contributed by atoms with Crippen molar-refractivity contribution < 1.29 is 0 Å². The maximum atomic E-state index is 4.86. The number of nitrogens with zero attached hydrogens (tertiary/aromatic N) is 3. The molecule has 4 heteroatoms. The highest BCUT2D eigenvalue weighted by Crippen LogP contribution is 2.26. The predicted molar refractivity (Wildman–Crippen MR) is 87.7 cm³/mol. The zero-order chi connectivity index (χ0) is 14.8. The Labute approximate surface area is 126 Å². The molecule has 1 aromatic heterocycles. The van der Waals surface area contributed by atoms with Crippen LogP contribution < -0.4 is 10.2 Å². The van der Waals surface area contributed by atoms with Crippen molar-refractivity contribution >= 4 is 16.9 Å². The van der Waals surface area contributed by atoms with Crippen LogP contribution in [0.2, 0.25) is 0 Å². The van der Waals surface area contributed by atoms with Crippen LogP contribution in [-0.4, -0.2) is 36.1 Å². The SMILES string of the molecule is CNC(C)C1CCCN(c2nc3ccccc3nc2C)C1. The van der Waals surface area contributed by atoms with Crippen LogP contribution >= 0.6 is 0 Å². The van der Waals surface area contributed by atoms with Crippen molar-refractivity contribution in [2.45, 2.75) is 32.7 Å². The Kier molecular flexibility index (Phi) is 4.06. The van der Waals surface area contributed by atoms with Gasteiger partial charge in [0.15, 0.2) is 5.82 Å². The Balaban J connectivity index is 1.90. The Morgan fingerprint density at radius 1 is 1.24 bits per heavy atom. The van der Waals surface area contributed by atoms with Gasteiger partial charge in [0, 0.05) is 19.1 Å². The summed E-state index contributed by atoms with van der Waals surface area (Å²) < 4.78 is 0. The summed E-state index contributed by atoms with van der Waals surface area (Å²) in [6.45, 7) is 6.49. The van der Waals surface area contributed by atoms with E-state index in [2.05, 4.69) is 24.1 Å². The third kappa shape index (κ3) is 2.86. The zero-order valence-corrected chi connectivity index (χ0v) is 13.1. The summed E-state index contributed by atoms with van der Waals surface area (Å²) in [5.74, 6) is 1.73. The van der Waals surface area contributed by atoms with Crippen LogP contribution in [0, 0.1) is 12.8 Å². The fraction of sp³-hybridized carbons (Fsp3) is 0.529. The van der Waals surface area contributed by atoms with Crippen LogP contribution in [0.3, 0.4) is 0 Å². The van der Waals surface area contributed by atoms with Crippen molar-refractivity contribution in [2.24, 2.45) is 5.92 Å². The molecule has 2 heterocycles. The number of para-hydroxylation sites is 2. The Hall–Kier alpha value is -1.68. The molecule has 1 aliphatic heterocycles. The molecule has 1 aliphatic rings. The summed E-state index contributed by atoms with van der Waals surface area (Å²) in [5, 5.41) is 3.39. The molecule has 1 N–H and O–H groups in total. The van der Waals surface area contributed by atoms with Gasteiger partial charge in [0.1, 0.15) is 0 Å². The molecular formula is C17H24N4. The Bertz CT molecular complexity index is 625. The average Bonchev–Trinajstić information content (AvgIpc) is 2.53. The monoisotopic (exact) mass is 284 g/mol. The second kappa shape index (κ2) is 5.98. The molecule has 1 aromatic carbocycles. The van der Waals surface area contributed by atoms with Gasteiger partial charge in [-0.1, -0.05) is 12.1 Å². The smallest absolute Gasteiger partial charge is 0.150 e. The summed E-state index contributed by atoms with van der Waals surface area (Å²) in [6.07, 6.45) is 2.52. The number of anilines is 1. The van der Waals surface area contributed by atoms with Crippen LogP contribution in [0.1, 0.15) is 25.5 Å². The van der Waals surface area contributed by atoms with E-state index in [1.54, 1.807) is 0 Å². The fourth-order valence-corrected chi connectivity index (χ4v) is 3.22. The van der Waals surface area contributed by atoms with Crippen LogP contribution in [0.5, 0.6) is 0 Å². The molecule has 0 radical (unpaired) electrons. The lowest BCUT2D eigenvalue weighted by atomic mass is 9.91. The van der Waals surface area contributed by atoms with Crippen molar-refractivity contribution in [3.05, 3.63) is 30.0 Å².